The molecule has 1 saturated carbocycles. The first-order valence-electron chi connectivity index (χ1n) is 11.6. The minimum Gasteiger partial charge on any atom is -0.497 e. The molecule has 0 bridgehead atoms. The third kappa shape index (κ3) is 5.24. The van der Waals surface area contributed by atoms with Gasteiger partial charge >= 0.3 is 0 Å². The second kappa shape index (κ2) is 10.1. The number of hydrogen-bond donors (Lipinski definition) is 1. The van der Waals surface area contributed by atoms with Crippen LogP contribution in [0, 0.1) is 5.92 Å². The van der Waals surface area contributed by atoms with Crippen LogP contribution in [0.15, 0.2) is 42.5 Å². The molecule has 2 amide bonds. The molecule has 1 aliphatic carbocycles. The maximum Gasteiger partial charge on any atom is 0.227 e. The van der Waals surface area contributed by atoms with E-state index in [0.29, 0.717) is 18.0 Å². The van der Waals surface area contributed by atoms with E-state index in [1.807, 2.05) is 49.4 Å². The molecule has 176 valence electrons. The van der Waals surface area contributed by atoms with Gasteiger partial charge in [0, 0.05) is 24.7 Å². The second-order valence-electron chi connectivity index (χ2n) is 8.77. The fourth-order valence-corrected chi connectivity index (χ4v) is 4.56. The highest BCUT2D eigenvalue weighted by molar-refractivity contribution is 6.00. The minimum absolute atomic E-state index is 0.0638. The molecule has 2 aromatic carbocycles. The zero-order chi connectivity index (χ0) is 23.4. The molecule has 1 aliphatic heterocycles. The molecule has 0 spiro atoms. The van der Waals surface area contributed by atoms with Crippen molar-refractivity contribution < 1.29 is 23.8 Å². The van der Waals surface area contributed by atoms with Crippen molar-refractivity contribution >= 4 is 17.5 Å². The van der Waals surface area contributed by atoms with Crippen molar-refractivity contribution in [2.45, 2.75) is 51.2 Å². The summed E-state index contributed by atoms with van der Waals surface area (Å²) < 4.78 is 16.9. The lowest BCUT2D eigenvalue weighted by Gasteiger charge is -2.21. The zero-order valence-corrected chi connectivity index (χ0v) is 19.5. The van der Waals surface area contributed by atoms with E-state index in [4.69, 9.17) is 14.2 Å². The predicted molar refractivity (Wildman–Crippen MR) is 126 cm³/mol. The fraction of sp³-hybridized carbons (Fsp3) is 0.462. The summed E-state index contributed by atoms with van der Waals surface area (Å²) in [6.07, 6.45) is 4.98. The van der Waals surface area contributed by atoms with Crippen molar-refractivity contribution in [1.82, 2.24) is 5.32 Å². The number of nitrogens with zero attached hydrogens (tertiary/aromatic N) is 1. The Balaban J connectivity index is 1.39. The number of amides is 2. The first kappa shape index (κ1) is 23.0. The highest BCUT2D eigenvalue weighted by atomic mass is 16.5. The van der Waals surface area contributed by atoms with E-state index < -0.39 is 5.92 Å². The number of carbonyl (C=O) groups is 2. The molecular formula is C26H32N2O5. The molecule has 0 radical (unpaired) electrons. The van der Waals surface area contributed by atoms with Gasteiger partial charge in [-0.15, -0.1) is 0 Å². The number of benzene rings is 2. The van der Waals surface area contributed by atoms with Gasteiger partial charge in [-0.1, -0.05) is 12.1 Å². The number of rotatable bonds is 8. The van der Waals surface area contributed by atoms with Gasteiger partial charge in [-0.25, -0.2) is 0 Å². The molecule has 4 rings (SSSR count). The number of nitrogens with one attached hydrogen (secondary N) is 1. The Bertz CT molecular complexity index is 1000. The highest BCUT2D eigenvalue weighted by Crippen LogP contribution is 2.34. The smallest absolute Gasteiger partial charge is 0.227 e. The van der Waals surface area contributed by atoms with E-state index in [9.17, 15) is 9.59 Å². The molecule has 2 unspecified atom stereocenters. The average Bonchev–Trinajstić information content (AvgIpc) is 3.49. The highest BCUT2D eigenvalue weighted by Gasteiger charge is 2.35. The lowest BCUT2D eigenvalue weighted by Crippen LogP contribution is -2.34. The molecule has 0 aromatic heterocycles. The largest absolute Gasteiger partial charge is 0.497 e. The number of carbonyl (C=O) groups excluding carboxylic acids is 2. The number of ether oxygens (including phenoxy) is 3. The maximum absolute atomic E-state index is 13.0. The van der Waals surface area contributed by atoms with Crippen LogP contribution >= 0.6 is 0 Å². The summed E-state index contributed by atoms with van der Waals surface area (Å²) in [6.45, 7) is 2.28. The third-order valence-corrected chi connectivity index (χ3v) is 6.50. The van der Waals surface area contributed by atoms with Gasteiger partial charge in [-0.05, 0) is 62.4 Å². The molecule has 7 nitrogen and oxygen atoms in total. The van der Waals surface area contributed by atoms with Crippen LogP contribution in [0.5, 0.6) is 17.2 Å². The molecule has 2 fully saturated rings. The summed E-state index contributed by atoms with van der Waals surface area (Å²) in [4.78, 5) is 27.2. The summed E-state index contributed by atoms with van der Waals surface area (Å²) in [7, 11) is 3.21. The van der Waals surface area contributed by atoms with Crippen LogP contribution in [0.2, 0.25) is 0 Å². The summed E-state index contributed by atoms with van der Waals surface area (Å²) in [6, 6.07) is 12.9. The standard InChI is InChI=1S/C26H32N2O5/c1-17(18-11-12-23(24(13-18)32-3)33-21-8-4-5-9-21)27-26(30)19-14-25(29)28(16-19)20-7-6-10-22(15-20)31-2/h6-7,10-13,15,17,19,21H,4-5,8-9,14,16H2,1-3H3,(H,27,30). The van der Waals surface area contributed by atoms with Crippen LogP contribution < -0.4 is 24.4 Å². The predicted octanol–water partition coefficient (Wildman–Crippen LogP) is 4.26. The van der Waals surface area contributed by atoms with Crippen LogP contribution in [0.1, 0.15) is 50.6 Å². The minimum atomic E-state index is -0.405. The zero-order valence-electron chi connectivity index (χ0n) is 19.5. The van der Waals surface area contributed by atoms with Crippen molar-refractivity contribution in [3.63, 3.8) is 0 Å². The Morgan fingerprint density at radius 2 is 1.85 bits per heavy atom. The lowest BCUT2D eigenvalue weighted by atomic mass is 10.0. The van der Waals surface area contributed by atoms with Gasteiger partial charge in [0.05, 0.1) is 32.3 Å². The van der Waals surface area contributed by atoms with E-state index >= 15 is 0 Å². The normalized spacial score (nSPS) is 19.4. The average molecular weight is 453 g/mol. The van der Waals surface area contributed by atoms with Gasteiger partial charge in [0.2, 0.25) is 11.8 Å². The molecule has 2 aromatic rings. The Morgan fingerprint density at radius 1 is 1.06 bits per heavy atom. The van der Waals surface area contributed by atoms with Crippen molar-refractivity contribution in [3.8, 4) is 17.2 Å². The first-order chi connectivity index (χ1) is 16.0. The van der Waals surface area contributed by atoms with Crippen molar-refractivity contribution in [2.24, 2.45) is 5.92 Å². The molecule has 7 heteroatoms. The fourth-order valence-electron chi connectivity index (χ4n) is 4.56. The Kier molecular flexibility index (Phi) is 7.06. The van der Waals surface area contributed by atoms with Crippen LogP contribution in [0.3, 0.4) is 0 Å². The van der Waals surface area contributed by atoms with Gasteiger partial charge < -0.3 is 24.4 Å². The molecular weight excluding hydrogens is 420 g/mol. The number of methoxy groups -OCH3 is 2. The summed E-state index contributed by atoms with van der Waals surface area (Å²) in [5, 5.41) is 3.06. The SMILES string of the molecule is COc1cccc(N2CC(C(=O)NC(C)c3ccc(OC4CCCC4)c(OC)c3)CC2=O)c1. The van der Waals surface area contributed by atoms with E-state index in [2.05, 4.69) is 5.32 Å². The molecule has 1 heterocycles. The van der Waals surface area contributed by atoms with Gasteiger partial charge in [0.25, 0.3) is 0 Å². The van der Waals surface area contributed by atoms with Crippen LogP contribution in [-0.2, 0) is 9.59 Å². The molecule has 1 N–H and O–H groups in total. The van der Waals surface area contributed by atoms with Gasteiger partial charge in [0.15, 0.2) is 11.5 Å². The second-order valence-corrected chi connectivity index (χ2v) is 8.77. The summed E-state index contributed by atoms with van der Waals surface area (Å²) in [5.74, 6) is 1.48. The third-order valence-electron chi connectivity index (χ3n) is 6.50. The van der Waals surface area contributed by atoms with Crippen LogP contribution in [-0.4, -0.2) is 38.7 Å². The molecule has 33 heavy (non-hydrogen) atoms. The van der Waals surface area contributed by atoms with E-state index in [-0.39, 0.29) is 30.4 Å². The summed E-state index contributed by atoms with van der Waals surface area (Å²) in [5.41, 5.74) is 1.67. The maximum atomic E-state index is 13.0. The monoisotopic (exact) mass is 452 g/mol. The molecule has 2 atom stereocenters. The van der Waals surface area contributed by atoms with E-state index in [0.717, 1.165) is 29.8 Å². The van der Waals surface area contributed by atoms with Crippen LogP contribution in [0.25, 0.3) is 0 Å². The summed E-state index contributed by atoms with van der Waals surface area (Å²) >= 11 is 0. The molecule has 1 saturated heterocycles. The van der Waals surface area contributed by atoms with Gasteiger partial charge in [-0.3, -0.25) is 9.59 Å². The quantitative estimate of drug-likeness (QED) is 0.648. The Morgan fingerprint density at radius 3 is 2.58 bits per heavy atom. The number of hydrogen-bond acceptors (Lipinski definition) is 5. The van der Waals surface area contributed by atoms with E-state index in [1.165, 1.54) is 12.8 Å². The van der Waals surface area contributed by atoms with Crippen LogP contribution in [0.4, 0.5) is 5.69 Å². The van der Waals surface area contributed by atoms with Crippen molar-refractivity contribution in [3.05, 3.63) is 48.0 Å². The Labute approximate surface area is 195 Å². The van der Waals surface area contributed by atoms with Gasteiger partial charge in [0.1, 0.15) is 5.75 Å². The first-order valence-corrected chi connectivity index (χ1v) is 11.6. The van der Waals surface area contributed by atoms with Crippen molar-refractivity contribution in [1.29, 1.82) is 0 Å². The number of anilines is 1. The van der Waals surface area contributed by atoms with E-state index in [1.54, 1.807) is 19.1 Å². The Hall–Kier alpha value is -3.22. The van der Waals surface area contributed by atoms with Crippen molar-refractivity contribution in [2.75, 3.05) is 25.7 Å². The lowest BCUT2D eigenvalue weighted by molar-refractivity contribution is -0.126. The van der Waals surface area contributed by atoms with Gasteiger partial charge in [-0.2, -0.15) is 0 Å². The molecule has 2 aliphatic rings. The topological polar surface area (TPSA) is 77.1 Å².